The van der Waals surface area contributed by atoms with Gasteiger partial charge in [-0.1, -0.05) is 30.8 Å². The third kappa shape index (κ3) is 4.95. The Morgan fingerprint density at radius 2 is 2.08 bits per heavy atom. The van der Waals surface area contributed by atoms with E-state index in [1.165, 1.54) is 18.0 Å². The van der Waals surface area contributed by atoms with Crippen LogP contribution in [-0.2, 0) is 0 Å². The molecule has 1 amide bonds. The van der Waals surface area contributed by atoms with Crippen LogP contribution in [0.3, 0.4) is 0 Å². The minimum absolute atomic E-state index is 0.0369. The van der Waals surface area contributed by atoms with E-state index in [-0.39, 0.29) is 11.3 Å². The van der Waals surface area contributed by atoms with E-state index in [1.54, 1.807) is 0 Å². The van der Waals surface area contributed by atoms with Gasteiger partial charge in [-0.15, -0.1) is 0 Å². The van der Waals surface area contributed by atoms with Gasteiger partial charge in [0, 0.05) is 25.8 Å². The van der Waals surface area contributed by atoms with Gasteiger partial charge in [0.1, 0.15) is 5.69 Å². The molecule has 0 bridgehead atoms. The summed E-state index contributed by atoms with van der Waals surface area (Å²) in [4.78, 5) is 32.2. The maximum absolute atomic E-state index is 12.0. The highest BCUT2D eigenvalue weighted by Gasteiger charge is 2.09. The van der Waals surface area contributed by atoms with Crippen LogP contribution in [0.2, 0.25) is 0 Å². The number of nitrogens with zero attached hydrogens (tertiary/aromatic N) is 3. The zero-order chi connectivity index (χ0) is 17.5. The van der Waals surface area contributed by atoms with Crippen LogP contribution in [0, 0.1) is 0 Å². The summed E-state index contributed by atoms with van der Waals surface area (Å²) in [7, 11) is 3.92. The molecule has 7 nitrogen and oxygen atoms in total. The SMILES string of the molecule is CCSc1nc(C(=O)N/N=C/c2ccc(N(C)C)cc2)cc(=O)[nH]1. The van der Waals surface area contributed by atoms with Gasteiger partial charge in [0.05, 0.1) is 6.21 Å². The second-order valence-corrected chi connectivity index (χ2v) is 6.31. The van der Waals surface area contributed by atoms with Gasteiger partial charge in [-0.05, 0) is 23.4 Å². The van der Waals surface area contributed by atoms with E-state index in [9.17, 15) is 9.59 Å². The molecule has 0 atom stereocenters. The van der Waals surface area contributed by atoms with Crippen molar-refractivity contribution >= 4 is 29.6 Å². The molecule has 2 N–H and O–H groups in total. The number of rotatable bonds is 6. The average Bonchev–Trinajstić information content (AvgIpc) is 2.55. The molecule has 24 heavy (non-hydrogen) atoms. The van der Waals surface area contributed by atoms with Crippen LogP contribution in [0.25, 0.3) is 0 Å². The summed E-state index contributed by atoms with van der Waals surface area (Å²) in [6.45, 7) is 1.93. The van der Waals surface area contributed by atoms with E-state index in [0.717, 1.165) is 23.1 Å². The summed E-state index contributed by atoms with van der Waals surface area (Å²) in [5.41, 5.74) is 3.97. The molecule has 0 aliphatic heterocycles. The molecule has 0 aliphatic carbocycles. The minimum atomic E-state index is -0.528. The Labute approximate surface area is 144 Å². The van der Waals surface area contributed by atoms with Gasteiger partial charge in [-0.25, -0.2) is 10.4 Å². The number of carbonyl (C=O) groups is 1. The number of hydrogen-bond acceptors (Lipinski definition) is 6. The van der Waals surface area contributed by atoms with Gasteiger partial charge >= 0.3 is 0 Å². The summed E-state index contributed by atoms with van der Waals surface area (Å²) in [6.07, 6.45) is 1.53. The largest absolute Gasteiger partial charge is 0.378 e. The van der Waals surface area contributed by atoms with Crippen molar-refractivity contribution in [3.63, 3.8) is 0 Å². The van der Waals surface area contributed by atoms with Crippen molar-refractivity contribution in [3.05, 3.63) is 51.9 Å². The lowest BCUT2D eigenvalue weighted by Gasteiger charge is -2.11. The summed E-state index contributed by atoms with van der Waals surface area (Å²) in [5.74, 6) is 0.218. The smallest absolute Gasteiger partial charge is 0.290 e. The fourth-order valence-electron chi connectivity index (χ4n) is 1.84. The Kier molecular flexibility index (Phi) is 6.14. The molecule has 1 heterocycles. The Balaban J connectivity index is 2.03. The van der Waals surface area contributed by atoms with E-state index < -0.39 is 5.91 Å². The molecule has 8 heteroatoms. The number of hydrazone groups is 1. The van der Waals surface area contributed by atoms with Crippen molar-refractivity contribution in [1.29, 1.82) is 0 Å². The number of benzene rings is 1. The maximum Gasteiger partial charge on any atom is 0.290 e. The zero-order valence-corrected chi connectivity index (χ0v) is 14.6. The molecule has 0 fully saturated rings. The quantitative estimate of drug-likeness (QED) is 0.360. The molecular weight excluding hydrogens is 326 g/mol. The molecule has 0 aliphatic rings. The molecule has 2 rings (SSSR count). The molecule has 0 radical (unpaired) electrons. The fraction of sp³-hybridized carbons (Fsp3) is 0.250. The first-order chi connectivity index (χ1) is 11.5. The molecule has 0 spiro atoms. The van der Waals surface area contributed by atoms with Gasteiger partial charge in [-0.2, -0.15) is 5.10 Å². The Morgan fingerprint density at radius 3 is 2.71 bits per heavy atom. The van der Waals surface area contributed by atoms with Crippen LogP contribution in [0.1, 0.15) is 23.0 Å². The monoisotopic (exact) mass is 345 g/mol. The lowest BCUT2D eigenvalue weighted by molar-refractivity contribution is 0.0949. The standard InChI is InChI=1S/C16H19N5O2S/c1-4-24-16-18-13(9-14(22)19-16)15(23)20-17-10-11-5-7-12(8-6-11)21(2)3/h5-10H,4H2,1-3H3,(H,20,23)(H,18,19,22)/b17-10+. The van der Waals surface area contributed by atoms with Crippen molar-refractivity contribution in [1.82, 2.24) is 15.4 Å². The number of H-pyrrole nitrogens is 1. The maximum atomic E-state index is 12.0. The highest BCUT2D eigenvalue weighted by molar-refractivity contribution is 7.99. The molecule has 0 unspecified atom stereocenters. The van der Waals surface area contributed by atoms with Gasteiger partial charge in [0.15, 0.2) is 5.16 Å². The van der Waals surface area contributed by atoms with Crippen LogP contribution >= 0.6 is 11.8 Å². The molecule has 1 aromatic carbocycles. The zero-order valence-electron chi connectivity index (χ0n) is 13.7. The minimum Gasteiger partial charge on any atom is -0.378 e. The van der Waals surface area contributed by atoms with Gasteiger partial charge in [0.25, 0.3) is 11.5 Å². The fourth-order valence-corrected chi connectivity index (χ4v) is 2.45. The second-order valence-electron chi connectivity index (χ2n) is 5.05. The Morgan fingerprint density at radius 1 is 1.38 bits per heavy atom. The average molecular weight is 345 g/mol. The van der Waals surface area contributed by atoms with Crippen LogP contribution in [0.15, 0.2) is 45.4 Å². The van der Waals surface area contributed by atoms with Crippen molar-refractivity contribution in [2.24, 2.45) is 5.10 Å². The van der Waals surface area contributed by atoms with E-state index in [1.807, 2.05) is 50.2 Å². The van der Waals surface area contributed by atoms with Crippen LogP contribution < -0.4 is 15.9 Å². The molecule has 0 saturated carbocycles. The summed E-state index contributed by atoms with van der Waals surface area (Å²) >= 11 is 1.36. The number of carbonyl (C=O) groups excluding carboxylic acids is 1. The molecule has 0 saturated heterocycles. The van der Waals surface area contributed by atoms with E-state index >= 15 is 0 Å². The second kappa shape index (κ2) is 8.30. The predicted molar refractivity (Wildman–Crippen MR) is 97.1 cm³/mol. The number of aromatic nitrogens is 2. The van der Waals surface area contributed by atoms with Gasteiger partial charge < -0.3 is 9.88 Å². The number of hydrogen-bond donors (Lipinski definition) is 2. The first-order valence-corrected chi connectivity index (χ1v) is 8.33. The van der Waals surface area contributed by atoms with Gasteiger partial charge in [0.2, 0.25) is 0 Å². The predicted octanol–water partition coefficient (Wildman–Crippen LogP) is 1.71. The number of aromatic amines is 1. The van der Waals surface area contributed by atoms with Crippen molar-refractivity contribution in [2.45, 2.75) is 12.1 Å². The lowest BCUT2D eigenvalue weighted by Crippen LogP contribution is -2.22. The van der Waals surface area contributed by atoms with E-state index in [4.69, 9.17) is 0 Å². The third-order valence-corrected chi connectivity index (χ3v) is 3.78. The van der Waals surface area contributed by atoms with Gasteiger partial charge in [-0.3, -0.25) is 9.59 Å². The molecule has 126 valence electrons. The van der Waals surface area contributed by atoms with E-state index in [0.29, 0.717) is 5.16 Å². The van der Waals surface area contributed by atoms with Crippen LogP contribution in [-0.4, -0.2) is 41.9 Å². The molecule has 2 aromatic rings. The first-order valence-electron chi connectivity index (χ1n) is 7.34. The Hall–Kier alpha value is -2.61. The summed E-state index contributed by atoms with van der Waals surface area (Å²) < 4.78 is 0. The molecular formula is C16H19N5O2S. The first kappa shape index (κ1) is 17.7. The summed E-state index contributed by atoms with van der Waals surface area (Å²) in [5, 5.41) is 4.32. The van der Waals surface area contributed by atoms with Crippen molar-refractivity contribution < 1.29 is 4.79 Å². The van der Waals surface area contributed by atoms with Crippen molar-refractivity contribution in [3.8, 4) is 0 Å². The Bertz CT molecular complexity index is 784. The summed E-state index contributed by atoms with van der Waals surface area (Å²) in [6, 6.07) is 8.85. The number of amides is 1. The lowest BCUT2D eigenvalue weighted by atomic mass is 10.2. The highest BCUT2D eigenvalue weighted by atomic mass is 32.2. The normalized spacial score (nSPS) is 10.8. The molecule has 1 aromatic heterocycles. The number of nitrogens with one attached hydrogen (secondary N) is 2. The van der Waals surface area contributed by atoms with Crippen LogP contribution in [0.5, 0.6) is 0 Å². The highest BCUT2D eigenvalue weighted by Crippen LogP contribution is 2.11. The number of anilines is 1. The van der Waals surface area contributed by atoms with Crippen molar-refractivity contribution in [2.75, 3.05) is 24.7 Å². The topological polar surface area (TPSA) is 90.4 Å². The third-order valence-electron chi connectivity index (χ3n) is 3.02. The number of thioether (sulfide) groups is 1. The van der Waals surface area contributed by atoms with Crippen LogP contribution in [0.4, 0.5) is 5.69 Å². The van der Waals surface area contributed by atoms with E-state index in [2.05, 4.69) is 20.5 Å².